The van der Waals surface area contributed by atoms with Crippen molar-refractivity contribution in [3.05, 3.63) is 47.6 Å². The molecule has 0 aliphatic rings. The zero-order valence-corrected chi connectivity index (χ0v) is 9.34. The van der Waals surface area contributed by atoms with Crippen LogP contribution in [0.3, 0.4) is 0 Å². The Morgan fingerprint density at radius 1 is 1.06 bits per heavy atom. The number of halogens is 2. The maximum Gasteiger partial charge on any atom is 0.168 e. The molecule has 0 N–H and O–H groups in total. The molecule has 2 heterocycles. The standard InChI is InChI=1S/C12H6F2N2S/c13-8-3-1-2-7(10(8)14)11-12-9(4-5-17-12)15-6-16-11/h1-6H. The average molecular weight is 248 g/mol. The lowest BCUT2D eigenvalue weighted by Crippen LogP contribution is -1.92. The van der Waals surface area contributed by atoms with E-state index in [4.69, 9.17) is 0 Å². The number of hydrogen-bond acceptors (Lipinski definition) is 3. The van der Waals surface area contributed by atoms with Gasteiger partial charge in [-0.15, -0.1) is 11.3 Å². The van der Waals surface area contributed by atoms with E-state index in [1.165, 1.54) is 29.8 Å². The number of thiophene rings is 1. The summed E-state index contributed by atoms with van der Waals surface area (Å²) in [6, 6.07) is 5.89. The molecule has 0 aliphatic heterocycles. The van der Waals surface area contributed by atoms with E-state index in [-0.39, 0.29) is 5.56 Å². The van der Waals surface area contributed by atoms with Crippen LogP contribution in [-0.2, 0) is 0 Å². The normalized spacial score (nSPS) is 10.9. The van der Waals surface area contributed by atoms with Gasteiger partial charge in [-0.2, -0.15) is 0 Å². The molecule has 0 atom stereocenters. The highest BCUT2D eigenvalue weighted by atomic mass is 32.1. The van der Waals surface area contributed by atoms with Crippen LogP contribution in [0.4, 0.5) is 8.78 Å². The highest BCUT2D eigenvalue weighted by Crippen LogP contribution is 2.31. The second-order valence-electron chi connectivity index (χ2n) is 3.46. The number of benzene rings is 1. The molecule has 0 aliphatic carbocycles. The second-order valence-corrected chi connectivity index (χ2v) is 4.37. The highest BCUT2D eigenvalue weighted by Gasteiger charge is 2.14. The van der Waals surface area contributed by atoms with Gasteiger partial charge in [0, 0.05) is 5.56 Å². The van der Waals surface area contributed by atoms with Gasteiger partial charge in [0.2, 0.25) is 0 Å². The first-order valence-corrected chi connectivity index (χ1v) is 5.78. The van der Waals surface area contributed by atoms with Crippen LogP contribution in [0.1, 0.15) is 0 Å². The van der Waals surface area contributed by atoms with Gasteiger partial charge in [-0.05, 0) is 23.6 Å². The Morgan fingerprint density at radius 2 is 1.94 bits per heavy atom. The molecule has 0 fully saturated rings. The van der Waals surface area contributed by atoms with E-state index in [1.807, 2.05) is 11.4 Å². The SMILES string of the molecule is Fc1cccc(-c2ncnc3ccsc23)c1F. The van der Waals surface area contributed by atoms with Gasteiger partial charge < -0.3 is 0 Å². The van der Waals surface area contributed by atoms with Crippen LogP contribution in [0.2, 0.25) is 0 Å². The van der Waals surface area contributed by atoms with E-state index >= 15 is 0 Å². The van der Waals surface area contributed by atoms with Gasteiger partial charge in [-0.25, -0.2) is 18.7 Å². The Bertz CT molecular complexity index is 694. The number of rotatable bonds is 1. The molecule has 0 unspecified atom stereocenters. The molecular formula is C12H6F2N2S. The molecule has 84 valence electrons. The largest absolute Gasteiger partial charge is 0.235 e. The molecule has 3 aromatic rings. The van der Waals surface area contributed by atoms with Crippen LogP contribution in [0.5, 0.6) is 0 Å². The maximum absolute atomic E-state index is 13.7. The van der Waals surface area contributed by atoms with Crippen molar-refractivity contribution in [1.29, 1.82) is 0 Å². The third-order valence-corrected chi connectivity index (χ3v) is 3.36. The van der Waals surface area contributed by atoms with Gasteiger partial charge in [0.25, 0.3) is 0 Å². The molecule has 0 radical (unpaired) electrons. The van der Waals surface area contributed by atoms with Crippen molar-refractivity contribution in [1.82, 2.24) is 9.97 Å². The molecular weight excluding hydrogens is 242 g/mol. The van der Waals surface area contributed by atoms with Crippen molar-refractivity contribution in [3.8, 4) is 11.3 Å². The van der Waals surface area contributed by atoms with E-state index in [2.05, 4.69) is 9.97 Å². The number of fused-ring (bicyclic) bond motifs is 1. The van der Waals surface area contributed by atoms with Crippen molar-refractivity contribution in [2.45, 2.75) is 0 Å². The van der Waals surface area contributed by atoms with Crippen LogP contribution in [0.15, 0.2) is 36.0 Å². The molecule has 2 aromatic heterocycles. The van der Waals surface area contributed by atoms with Gasteiger partial charge in [0.15, 0.2) is 11.6 Å². The van der Waals surface area contributed by atoms with Gasteiger partial charge in [0.1, 0.15) is 6.33 Å². The average Bonchev–Trinajstić information content (AvgIpc) is 2.81. The molecule has 5 heteroatoms. The zero-order chi connectivity index (χ0) is 11.8. The highest BCUT2D eigenvalue weighted by molar-refractivity contribution is 7.17. The van der Waals surface area contributed by atoms with E-state index in [9.17, 15) is 8.78 Å². The Labute approximate surface area is 99.6 Å². The zero-order valence-electron chi connectivity index (χ0n) is 8.52. The molecule has 0 amide bonds. The molecule has 0 saturated carbocycles. The van der Waals surface area contributed by atoms with Crippen molar-refractivity contribution in [2.24, 2.45) is 0 Å². The van der Waals surface area contributed by atoms with Gasteiger partial charge >= 0.3 is 0 Å². The minimum Gasteiger partial charge on any atom is -0.235 e. The minimum absolute atomic E-state index is 0.167. The summed E-state index contributed by atoms with van der Waals surface area (Å²) < 4.78 is 27.6. The van der Waals surface area contributed by atoms with Gasteiger partial charge in [-0.3, -0.25) is 0 Å². The molecule has 17 heavy (non-hydrogen) atoms. The second kappa shape index (κ2) is 3.85. The van der Waals surface area contributed by atoms with Crippen molar-refractivity contribution >= 4 is 21.6 Å². The van der Waals surface area contributed by atoms with Crippen molar-refractivity contribution < 1.29 is 8.78 Å². The predicted octanol–water partition coefficient (Wildman–Crippen LogP) is 3.64. The van der Waals surface area contributed by atoms with E-state index in [0.29, 0.717) is 5.69 Å². The molecule has 0 bridgehead atoms. The molecule has 1 aromatic carbocycles. The summed E-state index contributed by atoms with van der Waals surface area (Å²) in [7, 11) is 0. The lowest BCUT2D eigenvalue weighted by atomic mass is 10.1. The lowest BCUT2D eigenvalue weighted by Gasteiger charge is -2.03. The number of nitrogens with zero attached hydrogens (tertiary/aromatic N) is 2. The predicted molar refractivity (Wildman–Crippen MR) is 62.8 cm³/mol. The fraction of sp³-hybridized carbons (Fsp3) is 0. The third-order valence-electron chi connectivity index (χ3n) is 2.45. The summed E-state index contributed by atoms with van der Waals surface area (Å²) >= 11 is 1.41. The number of hydrogen-bond donors (Lipinski definition) is 0. The topological polar surface area (TPSA) is 25.8 Å². The van der Waals surface area contributed by atoms with Gasteiger partial charge in [-0.1, -0.05) is 6.07 Å². The minimum atomic E-state index is -0.874. The summed E-state index contributed by atoms with van der Waals surface area (Å²) in [6.07, 6.45) is 1.36. The first kappa shape index (κ1) is 10.3. The Kier molecular flexibility index (Phi) is 2.33. The first-order valence-electron chi connectivity index (χ1n) is 4.90. The molecule has 2 nitrogen and oxygen atoms in total. The van der Waals surface area contributed by atoms with Crippen molar-refractivity contribution in [3.63, 3.8) is 0 Å². The number of aromatic nitrogens is 2. The maximum atomic E-state index is 13.7. The monoisotopic (exact) mass is 248 g/mol. The van der Waals surface area contributed by atoms with Crippen LogP contribution in [-0.4, -0.2) is 9.97 Å². The van der Waals surface area contributed by atoms with E-state index < -0.39 is 11.6 Å². The van der Waals surface area contributed by atoms with Crippen LogP contribution in [0, 0.1) is 11.6 Å². The van der Waals surface area contributed by atoms with Gasteiger partial charge in [0.05, 0.1) is 15.9 Å². The summed E-state index contributed by atoms with van der Waals surface area (Å²) in [6.45, 7) is 0. The Morgan fingerprint density at radius 3 is 2.82 bits per heavy atom. The van der Waals surface area contributed by atoms with E-state index in [0.717, 1.165) is 16.3 Å². The first-order chi connectivity index (χ1) is 8.27. The quantitative estimate of drug-likeness (QED) is 0.657. The fourth-order valence-corrected chi connectivity index (χ4v) is 2.52. The third kappa shape index (κ3) is 1.59. The Hall–Kier alpha value is -1.88. The smallest absolute Gasteiger partial charge is 0.168 e. The van der Waals surface area contributed by atoms with Crippen molar-refractivity contribution in [2.75, 3.05) is 0 Å². The van der Waals surface area contributed by atoms with Crippen LogP contribution < -0.4 is 0 Å². The summed E-state index contributed by atoms with van der Waals surface area (Å²) in [5, 5.41) is 1.85. The van der Waals surface area contributed by atoms with E-state index in [1.54, 1.807) is 0 Å². The lowest BCUT2D eigenvalue weighted by molar-refractivity contribution is 0.511. The molecule has 3 rings (SSSR count). The van der Waals surface area contributed by atoms with Crippen LogP contribution >= 0.6 is 11.3 Å². The summed E-state index contributed by atoms with van der Waals surface area (Å²) in [5.74, 6) is -1.74. The Balaban J connectivity index is 2.34. The molecule has 0 saturated heterocycles. The summed E-state index contributed by atoms with van der Waals surface area (Å²) in [5.41, 5.74) is 1.34. The van der Waals surface area contributed by atoms with Crippen LogP contribution in [0.25, 0.3) is 21.5 Å². The summed E-state index contributed by atoms with van der Waals surface area (Å²) in [4.78, 5) is 8.11. The molecule has 0 spiro atoms. The fourth-order valence-electron chi connectivity index (χ4n) is 1.67.